The molecule has 35 heavy (non-hydrogen) atoms. The lowest BCUT2D eigenvalue weighted by Gasteiger charge is -2.26. The van der Waals surface area contributed by atoms with Crippen molar-refractivity contribution >= 4 is 18.9 Å². The van der Waals surface area contributed by atoms with E-state index in [0.717, 1.165) is 58.8 Å². The van der Waals surface area contributed by atoms with Crippen LogP contribution in [-0.4, -0.2) is 103 Å². The lowest BCUT2D eigenvalue weighted by Crippen LogP contribution is -2.41. The zero-order valence-electron chi connectivity index (χ0n) is 20.9. The average Bonchev–Trinajstić information content (AvgIpc) is 3.28. The summed E-state index contributed by atoms with van der Waals surface area (Å²) in [6.45, 7) is 12.3. The third-order valence-electron chi connectivity index (χ3n) is 5.77. The Morgan fingerprint density at radius 3 is 2.46 bits per heavy atom. The fraction of sp³-hybridized carbons (Fsp3) is 0.600. The number of ether oxygens (including phenoxy) is 1. The largest absolute Gasteiger partial charge is 0.483 e. The molecule has 3 rings (SSSR count). The van der Waals surface area contributed by atoms with Gasteiger partial charge in [-0.3, -0.25) is 24.3 Å². The van der Waals surface area contributed by atoms with Gasteiger partial charge in [0.25, 0.3) is 18.9 Å². The minimum atomic E-state index is -0.250. The van der Waals surface area contributed by atoms with Gasteiger partial charge in [-0.1, -0.05) is 11.6 Å². The van der Waals surface area contributed by atoms with E-state index >= 15 is 0 Å². The molecule has 2 aliphatic rings. The Morgan fingerprint density at radius 1 is 1.11 bits per heavy atom. The van der Waals surface area contributed by atoms with Gasteiger partial charge in [0.05, 0.1) is 18.8 Å². The van der Waals surface area contributed by atoms with Gasteiger partial charge in [-0.05, 0) is 57.2 Å². The first-order valence-corrected chi connectivity index (χ1v) is 12.0. The van der Waals surface area contributed by atoms with Gasteiger partial charge in [-0.25, -0.2) is 0 Å². The van der Waals surface area contributed by atoms with Crippen molar-refractivity contribution in [2.45, 2.75) is 33.1 Å². The third kappa shape index (κ3) is 13.6. The Hall–Kier alpha value is -2.82. The maximum absolute atomic E-state index is 12.5. The van der Waals surface area contributed by atoms with E-state index in [-0.39, 0.29) is 18.9 Å². The van der Waals surface area contributed by atoms with Crippen molar-refractivity contribution in [3.8, 4) is 0 Å². The number of hydrogen-bond donors (Lipinski definition) is 3. The van der Waals surface area contributed by atoms with Crippen LogP contribution in [0.15, 0.2) is 30.1 Å². The predicted molar refractivity (Wildman–Crippen MR) is 134 cm³/mol. The van der Waals surface area contributed by atoms with E-state index in [9.17, 15) is 4.79 Å². The molecular formula is C25H40N4O6. The van der Waals surface area contributed by atoms with Crippen LogP contribution in [0.5, 0.6) is 0 Å². The summed E-state index contributed by atoms with van der Waals surface area (Å²) in [4.78, 5) is 38.4. The Labute approximate surface area is 208 Å². The number of likely N-dealkylation sites (tertiary alicyclic amines) is 1. The molecule has 10 heteroatoms. The van der Waals surface area contributed by atoms with Crippen LogP contribution in [0.25, 0.3) is 0 Å². The molecule has 1 atom stereocenters. The number of nitrogens with one attached hydrogen (secondary N) is 1. The topological polar surface area (TPSA) is 132 Å². The number of carbonyl (C=O) groups excluding carboxylic acids is 1. The molecule has 10 nitrogen and oxygen atoms in total. The lowest BCUT2D eigenvalue weighted by molar-refractivity contribution is -0.123. The monoisotopic (exact) mass is 492 g/mol. The van der Waals surface area contributed by atoms with Crippen molar-refractivity contribution in [3.05, 3.63) is 41.2 Å². The molecule has 1 aromatic rings. The fourth-order valence-electron chi connectivity index (χ4n) is 4.13. The molecule has 2 aliphatic heterocycles. The molecular weight excluding hydrogens is 452 g/mol. The average molecular weight is 493 g/mol. The van der Waals surface area contributed by atoms with Crippen molar-refractivity contribution in [2.75, 3.05) is 59.0 Å². The van der Waals surface area contributed by atoms with Crippen LogP contribution in [0.1, 0.15) is 42.6 Å². The number of carbonyl (C=O) groups is 3. The van der Waals surface area contributed by atoms with Crippen LogP contribution < -0.4 is 5.32 Å². The summed E-state index contributed by atoms with van der Waals surface area (Å²) in [6.07, 6.45) is 9.27. The number of aromatic nitrogens is 1. The lowest BCUT2D eigenvalue weighted by atomic mass is 9.99. The van der Waals surface area contributed by atoms with Crippen molar-refractivity contribution in [3.63, 3.8) is 0 Å². The van der Waals surface area contributed by atoms with E-state index in [1.54, 1.807) is 6.20 Å². The molecule has 2 saturated heterocycles. The SMILES string of the molecule is CC(C)=CCCN1CCC(Cc2cncc(C(=O)NCCN3CCOCC3)c2)C1.O=CO.O=CO. The smallest absolute Gasteiger partial charge is 0.290 e. The van der Waals surface area contributed by atoms with Crippen LogP contribution in [0.2, 0.25) is 0 Å². The van der Waals surface area contributed by atoms with Gasteiger partial charge in [0, 0.05) is 51.7 Å². The second-order valence-electron chi connectivity index (χ2n) is 8.73. The van der Waals surface area contributed by atoms with E-state index < -0.39 is 0 Å². The van der Waals surface area contributed by atoms with Crippen LogP contribution in [-0.2, 0) is 20.7 Å². The van der Waals surface area contributed by atoms with Crippen LogP contribution in [0.3, 0.4) is 0 Å². The fourth-order valence-corrected chi connectivity index (χ4v) is 4.13. The number of rotatable bonds is 9. The Bertz CT molecular complexity index is 773. The molecule has 196 valence electrons. The molecule has 3 N–H and O–H groups in total. The Balaban J connectivity index is 0.000000926. The zero-order valence-corrected chi connectivity index (χ0v) is 20.9. The summed E-state index contributed by atoms with van der Waals surface area (Å²) in [5.74, 6) is 0.630. The van der Waals surface area contributed by atoms with Gasteiger partial charge < -0.3 is 25.2 Å². The number of allylic oxidation sites excluding steroid dienone is 1. The van der Waals surface area contributed by atoms with E-state index in [1.807, 2.05) is 12.3 Å². The molecule has 0 saturated carbocycles. The first kappa shape index (κ1) is 30.2. The molecule has 2 fully saturated rings. The van der Waals surface area contributed by atoms with E-state index in [1.165, 1.54) is 24.1 Å². The van der Waals surface area contributed by atoms with Crippen molar-refractivity contribution < 1.29 is 29.3 Å². The normalized spacial score (nSPS) is 17.7. The molecule has 1 aromatic heterocycles. The molecule has 0 bridgehead atoms. The first-order chi connectivity index (χ1) is 16.9. The van der Waals surface area contributed by atoms with Gasteiger partial charge in [0.2, 0.25) is 0 Å². The second kappa shape index (κ2) is 18.5. The number of amides is 1. The Morgan fingerprint density at radius 2 is 1.80 bits per heavy atom. The van der Waals surface area contributed by atoms with Gasteiger partial charge in [-0.15, -0.1) is 0 Å². The highest BCUT2D eigenvalue weighted by atomic mass is 16.5. The number of pyridine rings is 1. The zero-order chi connectivity index (χ0) is 25.9. The van der Waals surface area contributed by atoms with Gasteiger partial charge in [0.1, 0.15) is 0 Å². The molecule has 0 radical (unpaired) electrons. The second-order valence-corrected chi connectivity index (χ2v) is 8.73. The number of hydrogen-bond acceptors (Lipinski definition) is 7. The molecule has 3 heterocycles. The summed E-state index contributed by atoms with van der Waals surface area (Å²) >= 11 is 0. The minimum absolute atomic E-state index is 0.0256. The van der Waals surface area contributed by atoms with Crippen molar-refractivity contribution in [1.82, 2.24) is 20.1 Å². The molecule has 0 spiro atoms. The number of carboxylic acid groups (broad SMARTS) is 2. The van der Waals surface area contributed by atoms with E-state index in [4.69, 9.17) is 24.5 Å². The maximum atomic E-state index is 12.5. The highest BCUT2D eigenvalue weighted by molar-refractivity contribution is 5.94. The maximum Gasteiger partial charge on any atom is 0.290 e. The third-order valence-corrected chi connectivity index (χ3v) is 5.77. The first-order valence-electron chi connectivity index (χ1n) is 12.0. The van der Waals surface area contributed by atoms with Crippen LogP contribution in [0.4, 0.5) is 0 Å². The molecule has 1 unspecified atom stereocenters. The highest BCUT2D eigenvalue weighted by Gasteiger charge is 2.22. The highest BCUT2D eigenvalue weighted by Crippen LogP contribution is 2.21. The molecule has 0 aromatic carbocycles. The minimum Gasteiger partial charge on any atom is -0.483 e. The number of nitrogens with zero attached hydrogens (tertiary/aromatic N) is 3. The standard InChI is InChI=1S/C23H36N4O2.2CH2O2/c1-19(2)4-3-7-27-8-5-20(18-27)14-21-15-22(17-24-16-21)23(28)25-6-9-26-10-12-29-13-11-26;2*2-1-3/h4,15-17,20H,3,5-14,18H2,1-2H3,(H,25,28);2*1H,(H,2,3). The summed E-state index contributed by atoms with van der Waals surface area (Å²) in [6, 6.07) is 2.02. The van der Waals surface area contributed by atoms with Gasteiger partial charge in [-0.2, -0.15) is 0 Å². The van der Waals surface area contributed by atoms with E-state index in [0.29, 0.717) is 18.0 Å². The van der Waals surface area contributed by atoms with Crippen LogP contribution in [0, 0.1) is 5.92 Å². The van der Waals surface area contributed by atoms with Gasteiger partial charge in [0.15, 0.2) is 0 Å². The summed E-state index contributed by atoms with van der Waals surface area (Å²) in [5, 5.41) is 16.8. The summed E-state index contributed by atoms with van der Waals surface area (Å²) in [5.41, 5.74) is 3.23. The number of morpholine rings is 1. The van der Waals surface area contributed by atoms with Crippen molar-refractivity contribution in [1.29, 1.82) is 0 Å². The predicted octanol–water partition coefficient (Wildman–Crippen LogP) is 1.77. The molecule has 0 aliphatic carbocycles. The van der Waals surface area contributed by atoms with Crippen LogP contribution >= 0.6 is 0 Å². The van der Waals surface area contributed by atoms with Crippen molar-refractivity contribution in [2.24, 2.45) is 5.92 Å². The van der Waals surface area contributed by atoms with Gasteiger partial charge >= 0.3 is 0 Å². The molecule has 1 amide bonds. The quantitative estimate of drug-likeness (QED) is 0.348. The summed E-state index contributed by atoms with van der Waals surface area (Å²) in [7, 11) is 0. The van der Waals surface area contributed by atoms with E-state index in [2.05, 4.69) is 40.0 Å². The summed E-state index contributed by atoms with van der Waals surface area (Å²) < 4.78 is 5.36. The Kier molecular flexibility index (Phi) is 16.0.